The lowest BCUT2D eigenvalue weighted by Gasteiger charge is -2.29. The molecule has 0 amide bonds. The normalized spacial score (nSPS) is 22.9. The highest BCUT2D eigenvalue weighted by Gasteiger charge is 2.31. The zero-order valence-corrected chi connectivity index (χ0v) is 11.3. The lowest BCUT2D eigenvalue weighted by molar-refractivity contribution is -0.114. The van der Waals surface area contributed by atoms with Crippen LogP contribution in [0.1, 0.15) is 27.7 Å². The summed E-state index contributed by atoms with van der Waals surface area (Å²) in [4.78, 5) is 11.7. The molecule has 98 valence electrons. The van der Waals surface area contributed by atoms with Crippen molar-refractivity contribution in [3.63, 3.8) is 0 Å². The van der Waals surface area contributed by atoms with Gasteiger partial charge in [-0.25, -0.2) is 0 Å². The monoisotopic (exact) mass is 248 g/mol. The van der Waals surface area contributed by atoms with Gasteiger partial charge in [-0.2, -0.15) is 0 Å². The summed E-state index contributed by atoms with van der Waals surface area (Å²) in [7, 11) is 0. The summed E-state index contributed by atoms with van der Waals surface area (Å²) in [6.45, 7) is 10.6. The van der Waals surface area contributed by atoms with E-state index >= 15 is 0 Å². The number of rotatable bonds is 3. The molecular formula is C15H20O3. The Morgan fingerprint density at radius 3 is 2.50 bits per heavy atom. The molecule has 0 fully saturated rings. The second-order valence-electron chi connectivity index (χ2n) is 5.38. The molecule has 0 bridgehead atoms. The molecule has 0 heterocycles. The quantitative estimate of drug-likeness (QED) is 0.755. The summed E-state index contributed by atoms with van der Waals surface area (Å²) in [5.41, 5.74) is -0.283. The first-order chi connectivity index (χ1) is 8.10. The van der Waals surface area contributed by atoms with Crippen LogP contribution in [0.3, 0.4) is 0 Å². The molecule has 3 nitrogen and oxygen atoms in total. The SMILES string of the molecule is C=CC(C)(O)C=CC1=C(C)C(=O)C(O)=CC1(C)C. The number of ketones is 1. The van der Waals surface area contributed by atoms with Crippen LogP contribution in [0.2, 0.25) is 0 Å². The average molecular weight is 248 g/mol. The van der Waals surface area contributed by atoms with Crippen molar-refractivity contribution in [1.29, 1.82) is 0 Å². The minimum Gasteiger partial charge on any atom is -0.504 e. The van der Waals surface area contributed by atoms with Crippen molar-refractivity contribution in [3.05, 3.63) is 47.8 Å². The second-order valence-corrected chi connectivity index (χ2v) is 5.38. The molecule has 1 aliphatic carbocycles. The zero-order chi connectivity index (χ0) is 14.1. The predicted molar refractivity (Wildman–Crippen MR) is 72.2 cm³/mol. The Morgan fingerprint density at radius 2 is 2.00 bits per heavy atom. The number of aliphatic hydroxyl groups is 2. The molecule has 1 unspecified atom stereocenters. The van der Waals surface area contributed by atoms with Gasteiger partial charge in [0, 0.05) is 11.0 Å². The first kappa shape index (κ1) is 14.5. The van der Waals surface area contributed by atoms with E-state index in [2.05, 4.69) is 6.58 Å². The van der Waals surface area contributed by atoms with Gasteiger partial charge in [-0.15, -0.1) is 0 Å². The molecule has 3 heteroatoms. The van der Waals surface area contributed by atoms with E-state index in [0.29, 0.717) is 5.57 Å². The van der Waals surface area contributed by atoms with E-state index in [9.17, 15) is 15.0 Å². The molecule has 0 spiro atoms. The van der Waals surface area contributed by atoms with Crippen LogP contribution >= 0.6 is 0 Å². The predicted octanol–water partition coefficient (Wildman–Crippen LogP) is 2.85. The molecule has 0 saturated carbocycles. The molecule has 18 heavy (non-hydrogen) atoms. The molecule has 0 aromatic heterocycles. The van der Waals surface area contributed by atoms with Gasteiger partial charge in [-0.3, -0.25) is 4.79 Å². The van der Waals surface area contributed by atoms with Gasteiger partial charge in [0.1, 0.15) is 0 Å². The van der Waals surface area contributed by atoms with Gasteiger partial charge in [0.05, 0.1) is 5.60 Å². The number of hydrogen-bond acceptors (Lipinski definition) is 3. The molecule has 0 aliphatic heterocycles. The Kier molecular flexibility index (Phi) is 3.67. The third-order valence-corrected chi connectivity index (χ3v) is 3.17. The third-order valence-electron chi connectivity index (χ3n) is 3.17. The molecule has 1 atom stereocenters. The number of allylic oxidation sites excluding steroid dienone is 4. The van der Waals surface area contributed by atoms with Gasteiger partial charge >= 0.3 is 0 Å². The van der Waals surface area contributed by atoms with Crippen LogP contribution in [0.15, 0.2) is 47.8 Å². The van der Waals surface area contributed by atoms with Crippen LogP contribution in [0.5, 0.6) is 0 Å². The van der Waals surface area contributed by atoms with E-state index < -0.39 is 11.0 Å². The molecule has 0 radical (unpaired) electrons. The fraction of sp³-hybridized carbons (Fsp3) is 0.400. The Morgan fingerprint density at radius 1 is 1.44 bits per heavy atom. The van der Waals surface area contributed by atoms with Crippen molar-refractivity contribution in [2.24, 2.45) is 5.41 Å². The number of carbonyl (C=O) groups excluding carboxylic acids is 1. The molecule has 0 aromatic carbocycles. The average Bonchev–Trinajstić information content (AvgIpc) is 2.25. The first-order valence-electron chi connectivity index (χ1n) is 5.84. The van der Waals surface area contributed by atoms with E-state index in [1.54, 1.807) is 26.0 Å². The highest BCUT2D eigenvalue weighted by Crippen LogP contribution is 2.37. The highest BCUT2D eigenvalue weighted by atomic mass is 16.3. The van der Waals surface area contributed by atoms with Crippen molar-refractivity contribution in [3.8, 4) is 0 Å². The summed E-state index contributed by atoms with van der Waals surface area (Å²) in [5.74, 6) is -0.586. The molecule has 1 rings (SSSR count). The molecule has 0 aromatic rings. The Labute approximate surface area is 108 Å². The van der Waals surface area contributed by atoms with Gasteiger partial charge in [0.25, 0.3) is 0 Å². The number of hydrogen-bond donors (Lipinski definition) is 2. The lowest BCUT2D eigenvalue weighted by atomic mass is 9.75. The van der Waals surface area contributed by atoms with E-state index in [-0.39, 0.29) is 11.5 Å². The van der Waals surface area contributed by atoms with Gasteiger partial charge < -0.3 is 10.2 Å². The molecular weight excluding hydrogens is 228 g/mol. The maximum Gasteiger partial charge on any atom is 0.222 e. The van der Waals surface area contributed by atoms with Crippen molar-refractivity contribution in [1.82, 2.24) is 0 Å². The van der Waals surface area contributed by atoms with Crippen molar-refractivity contribution >= 4 is 5.78 Å². The Balaban J connectivity index is 3.22. The molecule has 2 N–H and O–H groups in total. The van der Waals surface area contributed by atoms with Crippen LogP contribution < -0.4 is 0 Å². The summed E-state index contributed by atoms with van der Waals surface area (Å²) in [6, 6.07) is 0. The Bertz CT molecular complexity index is 474. The summed E-state index contributed by atoms with van der Waals surface area (Å²) in [5, 5.41) is 19.4. The second kappa shape index (κ2) is 4.58. The largest absolute Gasteiger partial charge is 0.504 e. The fourth-order valence-electron chi connectivity index (χ4n) is 1.94. The number of Topliss-reactive ketones (excluding diaryl/α,β-unsaturated/α-hetero) is 1. The van der Waals surface area contributed by atoms with Crippen LogP contribution in [0.25, 0.3) is 0 Å². The minimum absolute atomic E-state index is 0.217. The standard InChI is InChI=1S/C15H20O3/c1-6-15(5,18)8-7-11-10(2)13(17)12(16)9-14(11,3)4/h6-9,16,18H,1H2,2-5H3. The number of carbonyl (C=O) groups is 1. The zero-order valence-electron chi connectivity index (χ0n) is 11.3. The van der Waals surface area contributed by atoms with E-state index in [4.69, 9.17) is 0 Å². The molecule has 1 aliphatic rings. The van der Waals surface area contributed by atoms with Crippen molar-refractivity contribution in [2.75, 3.05) is 0 Å². The van der Waals surface area contributed by atoms with E-state index in [1.807, 2.05) is 13.8 Å². The van der Waals surface area contributed by atoms with Crippen molar-refractivity contribution < 1.29 is 15.0 Å². The van der Waals surface area contributed by atoms with Gasteiger partial charge in [0.2, 0.25) is 5.78 Å². The van der Waals surface area contributed by atoms with E-state index in [0.717, 1.165) is 5.57 Å². The maximum absolute atomic E-state index is 11.7. The topological polar surface area (TPSA) is 57.5 Å². The van der Waals surface area contributed by atoms with Gasteiger partial charge in [0.15, 0.2) is 5.76 Å². The lowest BCUT2D eigenvalue weighted by Crippen LogP contribution is -2.24. The molecule has 0 saturated heterocycles. The Hall–Kier alpha value is -1.61. The van der Waals surface area contributed by atoms with Crippen LogP contribution in [-0.2, 0) is 4.79 Å². The van der Waals surface area contributed by atoms with E-state index in [1.165, 1.54) is 12.2 Å². The third kappa shape index (κ3) is 2.79. The highest BCUT2D eigenvalue weighted by molar-refractivity contribution is 6.08. The van der Waals surface area contributed by atoms with Gasteiger partial charge in [-0.05, 0) is 31.6 Å². The van der Waals surface area contributed by atoms with Crippen LogP contribution in [-0.4, -0.2) is 21.6 Å². The van der Waals surface area contributed by atoms with Gasteiger partial charge in [-0.1, -0.05) is 32.6 Å². The summed E-state index contributed by atoms with van der Waals surface area (Å²) in [6.07, 6.45) is 6.26. The van der Waals surface area contributed by atoms with Crippen LogP contribution in [0, 0.1) is 5.41 Å². The summed E-state index contributed by atoms with van der Waals surface area (Å²) < 4.78 is 0. The summed E-state index contributed by atoms with van der Waals surface area (Å²) >= 11 is 0. The first-order valence-corrected chi connectivity index (χ1v) is 5.84. The number of aliphatic hydroxyl groups excluding tert-OH is 1. The maximum atomic E-state index is 11.7. The fourth-order valence-corrected chi connectivity index (χ4v) is 1.94. The van der Waals surface area contributed by atoms with Crippen LogP contribution in [0.4, 0.5) is 0 Å². The smallest absolute Gasteiger partial charge is 0.222 e. The minimum atomic E-state index is -1.12. The van der Waals surface area contributed by atoms with Crippen molar-refractivity contribution in [2.45, 2.75) is 33.3 Å².